The molecule has 0 saturated carbocycles. The van der Waals surface area contributed by atoms with E-state index in [1.54, 1.807) is 102 Å². The fraction of sp³-hybridized carbons (Fsp3) is 0.951. The van der Waals surface area contributed by atoms with Crippen LogP contribution in [0.5, 0.6) is 0 Å². The van der Waals surface area contributed by atoms with Crippen LogP contribution in [0, 0.1) is 22.2 Å². The molecule has 0 spiro atoms. The number of hydrogen-bond acceptors (Lipinski definition) is 21. The summed E-state index contributed by atoms with van der Waals surface area (Å²) in [6.07, 6.45) is 2.02. The summed E-state index contributed by atoms with van der Waals surface area (Å²) in [5.41, 5.74) is -27.8. The molecule has 85 heavy (non-hydrogen) atoms. The van der Waals surface area contributed by atoms with E-state index in [2.05, 4.69) is 16.0 Å². The molecule has 0 aromatic carbocycles. The summed E-state index contributed by atoms with van der Waals surface area (Å²) >= 11 is 1.79. The van der Waals surface area contributed by atoms with Crippen molar-refractivity contribution in [1.29, 1.82) is 0 Å². The van der Waals surface area contributed by atoms with Crippen LogP contribution in [0.2, 0.25) is 0 Å². The Labute approximate surface area is 507 Å². The van der Waals surface area contributed by atoms with Gasteiger partial charge in [-0.1, -0.05) is 34.1 Å². The monoisotopic (exact) mass is 1230 g/mol. The maximum atomic E-state index is 13.9. The lowest BCUT2D eigenvalue weighted by molar-refractivity contribution is -0.577. The van der Waals surface area contributed by atoms with Crippen molar-refractivity contribution in [3.63, 3.8) is 0 Å². The number of carbonyl (C=O) groups is 3. The summed E-state index contributed by atoms with van der Waals surface area (Å²) in [6.45, 7) is 32.8. The summed E-state index contributed by atoms with van der Waals surface area (Å²) in [5, 5.41) is 105. The molecule has 492 valence electrons. The average Bonchev–Trinajstić information content (AvgIpc) is 0.935. The smallest absolute Gasteiger partial charge is 0.315 e. The molecule has 23 nitrogen and oxygen atoms in total. The highest BCUT2D eigenvalue weighted by Crippen LogP contribution is 2.69. The second-order valence-corrected chi connectivity index (χ2v) is 31.7. The van der Waals surface area contributed by atoms with Gasteiger partial charge in [0, 0.05) is 36.7 Å². The number of unbranched alkanes of at least 4 members (excludes halogenated alkanes) is 1. The summed E-state index contributed by atoms with van der Waals surface area (Å²) < 4.78 is 59.4. The number of aliphatic hydroxyl groups excluding tert-OH is 2. The molecule has 0 radical (unpaired) electrons. The summed E-state index contributed by atoms with van der Waals surface area (Å²) in [7, 11) is 0. The molecule has 24 heteroatoms. The van der Waals surface area contributed by atoms with E-state index in [4.69, 9.17) is 42.6 Å². The van der Waals surface area contributed by atoms with Crippen molar-refractivity contribution in [3.8, 4) is 0 Å². The van der Waals surface area contributed by atoms with Gasteiger partial charge in [0.2, 0.25) is 17.5 Å². The number of fused-ring (bicyclic) bond motifs is 3. The minimum atomic E-state index is -2.11. The predicted octanol–water partition coefficient (Wildman–Crippen LogP) is 3.26. The van der Waals surface area contributed by atoms with E-state index in [0.29, 0.717) is 12.8 Å². The number of urea groups is 1. The van der Waals surface area contributed by atoms with Gasteiger partial charge < -0.3 is 99.4 Å². The Bertz CT molecular complexity index is 2570. The Morgan fingerprint density at radius 3 is 1.64 bits per heavy atom. The van der Waals surface area contributed by atoms with E-state index >= 15 is 0 Å². The molecule has 8 saturated heterocycles. The Kier molecular flexibility index (Phi) is 17.6. The third-order valence-electron chi connectivity index (χ3n) is 25.1. The molecule has 2 bridgehead atoms. The number of carbonyl (C=O) groups excluding carboxylic acids is 3. The molecule has 0 aromatic rings. The number of thioether (sulfide) groups is 1. The summed E-state index contributed by atoms with van der Waals surface area (Å²) in [6, 6.07) is -0.0522. The zero-order valence-corrected chi connectivity index (χ0v) is 55.7. The van der Waals surface area contributed by atoms with Gasteiger partial charge >= 0.3 is 12.0 Å². The first-order chi connectivity index (χ1) is 38.2. The molecule has 11 N–H and O–H groups in total. The lowest BCUT2D eigenvalue weighted by atomic mass is 9.50. The highest BCUT2D eigenvalue weighted by Gasteiger charge is 2.86. The molecule has 0 aromatic heterocycles. The summed E-state index contributed by atoms with van der Waals surface area (Å²) in [4.78, 5) is 39.2. The van der Waals surface area contributed by atoms with Crippen molar-refractivity contribution in [2.24, 2.45) is 22.2 Å². The van der Waals surface area contributed by atoms with E-state index in [-0.39, 0.29) is 69.4 Å². The van der Waals surface area contributed by atoms with Crippen LogP contribution < -0.4 is 16.0 Å². The third kappa shape index (κ3) is 9.56. The first-order valence-electron chi connectivity index (χ1n) is 30.2. The number of aliphatic hydroxyl groups is 8. The molecule has 8 fully saturated rings. The van der Waals surface area contributed by atoms with Crippen LogP contribution >= 0.6 is 11.8 Å². The number of nitrogens with one attached hydrogen (secondary N) is 3. The Morgan fingerprint density at radius 2 is 1.11 bits per heavy atom. The van der Waals surface area contributed by atoms with Crippen LogP contribution in [-0.2, 0) is 52.2 Å². The van der Waals surface area contributed by atoms with Gasteiger partial charge in [0.05, 0.1) is 86.0 Å². The first kappa shape index (κ1) is 70.4. The minimum absolute atomic E-state index is 0.0321. The number of rotatable bonds is 21. The number of amides is 3. The van der Waals surface area contributed by atoms with Gasteiger partial charge in [-0.15, -0.1) is 0 Å². The van der Waals surface area contributed by atoms with Crippen molar-refractivity contribution in [2.75, 3.05) is 58.6 Å². The maximum Gasteiger partial charge on any atom is 0.315 e. The molecule has 8 rings (SSSR count). The number of esters is 1. The second-order valence-electron chi connectivity index (χ2n) is 30.4. The van der Waals surface area contributed by atoms with Crippen LogP contribution in [0.4, 0.5) is 4.79 Å². The fourth-order valence-electron chi connectivity index (χ4n) is 16.0. The van der Waals surface area contributed by atoms with Gasteiger partial charge in [-0.2, -0.15) is 11.8 Å². The Morgan fingerprint density at radius 1 is 0.588 bits per heavy atom. The second kappa shape index (κ2) is 21.2. The quantitative estimate of drug-likeness (QED) is 0.0446. The molecule has 0 aliphatic carbocycles. The lowest BCUT2D eigenvalue weighted by Gasteiger charge is -2.77. The molecular weight excluding hydrogens is 1130 g/mol. The van der Waals surface area contributed by atoms with Crippen LogP contribution in [0.3, 0.4) is 0 Å². The van der Waals surface area contributed by atoms with Crippen molar-refractivity contribution in [1.82, 2.24) is 16.0 Å². The standard InChI is InChI=1S/C61H107N3O20S/c1-36-45(7,52(14,64-37(2)67)60(22,82-46(36,8)28-65)79-40(68)26-24-23-25-39-41-38(27-85-39)62-42(69)63-41)30-76-34-50(12)55(17,72)54(16,71)47(9,43(3,4)80-50)31-77-33-49(11)48(10,59(21)58(20,75)61(29-66,83-49)84-59)32-78-35-51(13)56(18,73)57(19,74)53(15,70)44(5,6)81-51/h36,38-39,41,65-66,70-75H,23-35H2,1-22H3,(H,64,67)(H2,62,63,69)/t36?,38-,39?,41-,45?,46?,47?,48?,49?,50?,51?,52?,53?,54?,55?,56?,57?,58?,59?,60?,61?/m0/s1. The number of hydrogen-bond donors (Lipinski definition) is 11. The topological polar surface area (TPSA) is 332 Å². The van der Waals surface area contributed by atoms with E-state index in [1.807, 2.05) is 13.8 Å². The molecule has 8 aliphatic rings. The first-order valence-corrected chi connectivity index (χ1v) is 31.2. The molecule has 21 atom stereocenters. The van der Waals surface area contributed by atoms with E-state index in [0.717, 1.165) is 12.2 Å². The van der Waals surface area contributed by atoms with Gasteiger partial charge in [-0.25, -0.2) is 4.79 Å². The largest absolute Gasteiger partial charge is 0.431 e. The SMILES string of the molecule is CC(=O)NC1(C)C(C)(OC(=O)CCCCC2SC[C@@H]3NC(=O)N[C@H]23)OC(C)(CO)C(C)C1(C)COCC1(C)OC(C)(C)C(C)(COCC2(C)OC3(CO)OC(C)(C3(C)O)C2(C)COCC2(C)OC(C)(C)C(C)(O)C(C)(O)C2(C)O)C(C)(O)C1(C)O. The van der Waals surface area contributed by atoms with E-state index in [9.17, 15) is 55.2 Å². The van der Waals surface area contributed by atoms with Gasteiger partial charge in [0.25, 0.3) is 0 Å². The fourth-order valence-corrected chi connectivity index (χ4v) is 17.6. The highest BCUT2D eigenvalue weighted by molar-refractivity contribution is 8.00. The van der Waals surface area contributed by atoms with Crippen molar-refractivity contribution in [3.05, 3.63) is 0 Å². The third-order valence-corrected chi connectivity index (χ3v) is 26.6. The van der Waals surface area contributed by atoms with Crippen molar-refractivity contribution in [2.45, 2.75) is 285 Å². The number of ether oxygens (including phenoxy) is 9. The molecular formula is C61H107N3O20S. The minimum Gasteiger partial charge on any atom is -0.431 e. The average molecular weight is 1230 g/mol. The Balaban J connectivity index is 1.08. The Hall–Kier alpha value is -2.08. The van der Waals surface area contributed by atoms with Crippen molar-refractivity contribution >= 4 is 29.7 Å². The summed E-state index contributed by atoms with van der Waals surface area (Å²) in [5.74, 6) is -4.55. The lowest BCUT2D eigenvalue weighted by Crippen LogP contribution is -2.94. The van der Waals surface area contributed by atoms with Gasteiger partial charge in [0.15, 0.2) is 0 Å². The highest BCUT2D eigenvalue weighted by atomic mass is 32.2. The van der Waals surface area contributed by atoms with Crippen LogP contribution in [-0.4, -0.2) is 225 Å². The predicted molar refractivity (Wildman–Crippen MR) is 313 cm³/mol. The van der Waals surface area contributed by atoms with Gasteiger partial charge in [0.1, 0.15) is 68.2 Å². The van der Waals surface area contributed by atoms with Crippen LogP contribution in [0.25, 0.3) is 0 Å². The van der Waals surface area contributed by atoms with E-state index in [1.165, 1.54) is 48.5 Å². The van der Waals surface area contributed by atoms with Crippen LogP contribution in [0.1, 0.15) is 178 Å². The van der Waals surface area contributed by atoms with Gasteiger partial charge in [-0.3, -0.25) is 9.59 Å². The normalized spacial score (nSPS) is 52.4. The molecule has 3 amide bonds. The zero-order chi connectivity index (χ0) is 64.9. The van der Waals surface area contributed by atoms with Crippen LogP contribution in [0.15, 0.2) is 0 Å². The van der Waals surface area contributed by atoms with Gasteiger partial charge in [-0.05, 0) is 130 Å². The van der Waals surface area contributed by atoms with E-state index < -0.39 is 137 Å². The zero-order valence-electron chi connectivity index (χ0n) is 54.9. The molecule has 19 unspecified atom stereocenters. The molecule has 8 aliphatic heterocycles. The maximum absolute atomic E-state index is 13.9. The van der Waals surface area contributed by atoms with Crippen molar-refractivity contribution < 1.29 is 97.9 Å². The molecule has 8 heterocycles.